The number of thioether (sulfide) groups is 1. The van der Waals surface area contributed by atoms with E-state index in [0.29, 0.717) is 12.0 Å². The summed E-state index contributed by atoms with van der Waals surface area (Å²) in [6.07, 6.45) is 1.53. The number of aromatic nitrogens is 1. The summed E-state index contributed by atoms with van der Waals surface area (Å²) in [6, 6.07) is 9.61. The van der Waals surface area contributed by atoms with Crippen LogP contribution in [0.1, 0.15) is 23.7 Å². The Morgan fingerprint density at radius 2 is 2.22 bits per heavy atom. The van der Waals surface area contributed by atoms with Gasteiger partial charge >= 0.3 is 0 Å². The molecule has 94 valence electrons. The average molecular weight is 261 g/mol. The molecule has 0 spiro atoms. The number of carbonyl (C=O) groups is 1. The summed E-state index contributed by atoms with van der Waals surface area (Å²) in [5.41, 5.74) is 1.50. The van der Waals surface area contributed by atoms with Gasteiger partial charge in [0, 0.05) is 22.8 Å². The number of aliphatic hydroxyl groups excluding tert-OH is 1. The van der Waals surface area contributed by atoms with Crippen LogP contribution in [0.3, 0.4) is 0 Å². The number of rotatable bonds is 5. The summed E-state index contributed by atoms with van der Waals surface area (Å²) in [7, 11) is 0. The van der Waals surface area contributed by atoms with Gasteiger partial charge < -0.3 is 5.11 Å². The van der Waals surface area contributed by atoms with Crippen LogP contribution in [0.4, 0.5) is 0 Å². The Morgan fingerprint density at radius 3 is 2.94 bits per heavy atom. The molecule has 0 saturated carbocycles. The Bertz CT molecular complexity index is 556. The molecule has 1 N–H and O–H groups in total. The van der Waals surface area contributed by atoms with Gasteiger partial charge in [-0.3, -0.25) is 4.79 Å². The number of carbonyl (C=O) groups excluding carboxylic acids is 1. The molecule has 0 amide bonds. The van der Waals surface area contributed by atoms with Crippen LogP contribution in [0, 0.1) is 0 Å². The van der Waals surface area contributed by atoms with E-state index in [-0.39, 0.29) is 11.9 Å². The van der Waals surface area contributed by atoms with Crippen molar-refractivity contribution in [2.75, 3.05) is 6.61 Å². The maximum atomic E-state index is 11.1. The summed E-state index contributed by atoms with van der Waals surface area (Å²) in [5, 5.41) is 10.9. The van der Waals surface area contributed by atoms with E-state index in [4.69, 9.17) is 5.11 Å². The molecule has 1 aromatic carbocycles. The lowest BCUT2D eigenvalue weighted by Gasteiger charge is -2.11. The van der Waals surface area contributed by atoms with E-state index >= 15 is 0 Å². The third-order valence-corrected chi connectivity index (χ3v) is 3.88. The standard InChI is InChI=1S/C14H15NO2S/c1-10(6-7-16)18-14-12(9-17)8-11-4-2-3-5-13(11)15-14/h2-5,8-10,16H,6-7H2,1H3. The van der Waals surface area contributed by atoms with Gasteiger partial charge in [0.25, 0.3) is 0 Å². The molecule has 18 heavy (non-hydrogen) atoms. The third kappa shape index (κ3) is 2.89. The van der Waals surface area contributed by atoms with Gasteiger partial charge in [-0.2, -0.15) is 0 Å². The number of pyridine rings is 1. The molecule has 0 saturated heterocycles. The van der Waals surface area contributed by atoms with Gasteiger partial charge in [0.15, 0.2) is 6.29 Å². The fraction of sp³-hybridized carbons (Fsp3) is 0.286. The van der Waals surface area contributed by atoms with Crippen molar-refractivity contribution in [1.82, 2.24) is 4.98 Å². The minimum Gasteiger partial charge on any atom is -0.396 e. The van der Waals surface area contributed by atoms with Crippen LogP contribution in [-0.2, 0) is 0 Å². The van der Waals surface area contributed by atoms with E-state index in [1.165, 1.54) is 11.8 Å². The van der Waals surface area contributed by atoms with Crippen LogP contribution in [0.25, 0.3) is 10.9 Å². The second-order valence-electron chi connectivity index (χ2n) is 4.13. The molecule has 3 nitrogen and oxygen atoms in total. The predicted molar refractivity (Wildman–Crippen MR) is 74.2 cm³/mol. The van der Waals surface area contributed by atoms with Gasteiger partial charge in [0.2, 0.25) is 0 Å². The van der Waals surface area contributed by atoms with E-state index in [1.807, 2.05) is 37.3 Å². The van der Waals surface area contributed by atoms with E-state index in [9.17, 15) is 4.79 Å². The Hall–Kier alpha value is -1.39. The van der Waals surface area contributed by atoms with Gasteiger partial charge in [-0.25, -0.2) is 4.98 Å². The molecule has 1 unspecified atom stereocenters. The van der Waals surface area contributed by atoms with Gasteiger partial charge in [-0.1, -0.05) is 25.1 Å². The Kier molecular flexibility index (Phi) is 4.33. The molecule has 2 rings (SSSR count). The fourth-order valence-electron chi connectivity index (χ4n) is 1.72. The predicted octanol–water partition coefficient (Wildman–Crippen LogP) is 2.91. The molecule has 0 aliphatic rings. The van der Waals surface area contributed by atoms with Crippen LogP contribution in [0.2, 0.25) is 0 Å². The average Bonchev–Trinajstić information content (AvgIpc) is 2.38. The highest BCUT2D eigenvalue weighted by molar-refractivity contribution is 7.99. The summed E-state index contributed by atoms with van der Waals surface area (Å²) >= 11 is 1.53. The molecular formula is C14H15NO2S. The number of fused-ring (bicyclic) bond motifs is 1. The van der Waals surface area contributed by atoms with Crippen LogP contribution >= 0.6 is 11.8 Å². The number of para-hydroxylation sites is 1. The minimum absolute atomic E-state index is 0.151. The van der Waals surface area contributed by atoms with Crippen molar-refractivity contribution in [3.05, 3.63) is 35.9 Å². The highest BCUT2D eigenvalue weighted by atomic mass is 32.2. The van der Waals surface area contributed by atoms with Gasteiger partial charge in [-0.15, -0.1) is 11.8 Å². The Labute approximate surface area is 110 Å². The lowest BCUT2D eigenvalue weighted by molar-refractivity contribution is 0.112. The molecule has 0 aliphatic heterocycles. The Balaban J connectivity index is 2.38. The van der Waals surface area contributed by atoms with Crippen molar-refractivity contribution in [3.8, 4) is 0 Å². The smallest absolute Gasteiger partial charge is 0.152 e. The van der Waals surface area contributed by atoms with E-state index in [1.54, 1.807) is 0 Å². The summed E-state index contributed by atoms with van der Waals surface area (Å²) < 4.78 is 0. The first-order valence-electron chi connectivity index (χ1n) is 5.87. The number of nitrogens with zero attached hydrogens (tertiary/aromatic N) is 1. The van der Waals surface area contributed by atoms with Gasteiger partial charge in [-0.05, 0) is 18.6 Å². The number of hydrogen-bond acceptors (Lipinski definition) is 4. The molecule has 1 atom stereocenters. The molecule has 0 aliphatic carbocycles. The number of hydrogen-bond donors (Lipinski definition) is 1. The Morgan fingerprint density at radius 1 is 1.44 bits per heavy atom. The van der Waals surface area contributed by atoms with Crippen LogP contribution in [0.5, 0.6) is 0 Å². The van der Waals surface area contributed by atoms with E-state index < -0.39 is 0 Å². The lowest BCUT2D eigenvalue weighted by atomic mass is 10.2. The van der Waals surface area contributed by atoms with E-state index in [0.717, 1.165) is 22.2 Å². The monoisotopic (exact) mass is 261 g/mol. The highest BCUT2D eigenvalue weighted by Gasteiger charge is 2.11. The summed E-state index contributed by atoms with van der Waals surface area (Å²) in [4.78, 5) is 15.6. The van der Waals surface area contributed by atoms with Crippen molar-refractivity contribution >= 4 is 29.0 Å². The summed E-state index contributed by atoms with van der Waals surface area (Å²) in [6.45, 7) is 2.17. The largest absolute Gasteiger partial charge is 0.396 e. The first-order valence-corrected chi connectivity index (χ1v) is 6.75. The topological polar surface area (TPSA) is 50.2 Å². The first kappa shape index (κ1) is 13.1. The van der Waals surface area contributed by atoms with Crippen LogP contribution in [-0.4, -0.2) is 28.2 Å². The third-order valence-electron chi connectivity index (χ3n) is 2.69. The zero-order chi connectivity index (χ0) is 13.0. The molecule has 1 aromatic heterocycles. The molecule has 1 heterocycles. The zero-order valence-corrected chi connectivity index (χ0v) is 11.0. The van der Waals surface area contributed by atoms with Crippen LogP contribution in [0.15, 0.2) is 35.4 Å². The molecule has 0 fully saturated rings. The SMILES string of the molecule is CC(CCO)Sc1nc2ccccc2cc1C=O. The van der Waals surface area contributed by atoms with Gasteiger partial charge in [0.05, 0.1) is 5.52 Å². The number of benzene rings is 1. The molecule has 0 radical (unpaired) electrons. The second-order valence-corrected chi connectivity index (χ2v) is 5.56. The fourth-order valence-corrected chi connectivity index (χ4v) is 2.72. The zero-order valence-electron chi connectivity index (χ0n) is 10.2. The van der Waals surface area contributed by atoms with Crippen molar-refractivity contribution in [3.63, 3.8) is 0 Å². The van der Waals surface area contributed by atoms with Crippen molar-refractivity contribution < 1.29 is 9.90 Å². The van der Waals surface area contributed by atoms with Crippen molar-refractivity contribution in [2.24, 2.45) is 0 Å². The maximum absolute atomic E-state index is 11.1. The quantitative estimate of drug-likeness (QED) is 0.664. The maximum Gasteiger partial charge on any atom is 0.152 e. The number of aldehydes is 1. The molecule has 2 aromatic rings. The molecule has 0 bridgehead atoms. The molecule has 4 heteroatoms. The van der Waals surface area contributed by atoms with E-state index in [2.05, 4.69) is 4.98 Å². The van der Waals surface area contributed by atoms with Gasteiger partial charge in [0.1, 0.15) is 5.03 Å². The lowest BCUT2D eigenvalue weighted by Crippen LogP contribution is -2.02. The second kappa shape index (κ2) is 5.98. The normalized spacial score (nSPS) is 12.6. The first-order chi connectivity index (χ1) is 8.74. The molecular weight excluding hydrogens is 246 g/mol. The highest BCUT2D eigenvalue weighted by Crippen LogP contribution is 2.28. The van der Waals surface area contributed by atoms with Crippen molar-refractivity contribution in [2.45, 2.75) is 23.6 Å². The summed E-state index contributed by atoms with van der Waals surface area (Å²) in [5.74, 6) is 0. The minimum atomic E-state index is 0.151. The number of aliphatic hydroxyl groups is 1. The van der Waals surface area contributed by atoms with Crippen molar-refractivity contribution in [1.29, 1.82) is 0 Å². The van der Waals surface area contributed by atoms with Crippen LogP contribution < -0.4 is 0 Å².